The monoisotopic (exact) mass is 273 g/mol. The summed E-state index contributed by atoms with van der Waals surface area (Å²) in [7, 11) is 0. The number of aromatic nitrogens is 4. The fraction of sp³-hybridized carbons (Fsp3) is 0.500. The van der Waals surface area contributed by atoms with E-state index in [4.69, 9.17) is 0 Å². The number of hydrogen-bond acceptors (Lipinski definition) is 3. The number of rotatable bonds is 5. The van der Waals surface area contributed by atoms with E-state index in [1.165, 1.54) is 0 Å². The number of carbonyl (C=O) groups is 1. The molecule has 0 aromatic carbocycles. The number of amides is 1. The summed E-state index contributed by atoms with van der Waals surface area (Å²) >= 11 is 0. The van der Waals surface area contributed by atoms with Gasteiger partial charge in [-0.25, -0.2) is 4.98 Å². The standard InChI is InChI=1S/C14H19N5O/c20-14(3-1-8-19-9-2-6-16-19)17-12-4-5-13-15-7-10-18(13)11-12/h2,6-7,9-10,12H,1,3-5,8,11H2,(H,17,20)/t12-/m0/s1. The molecule has 3 rings (SSSR count). The number of imidazole rings is 1. The van der Waals surface area contributed by atoms with E-state index in [1.807, 2.05) is 29.3 Å². The molecule has 2 aromatic heterocycles. The smallest absolute Gasteiger partial charge is 0.220 e. The van der Waals surface area contributed by atoms with Crippen molar-refractivity contribution in [1.82, 2.24) is 24.6 Å². The molecule has 1 atom stereocenters. The van der Waals surface area contributed by atoms with Gasteiger partial charge in [-0.05, 0) is 18.9 Å². The van der Waals surface area contributed by atoms with Gasteiger partial charge in [-0.3, -0.25) is 9.48 Å². The van der Waals surface area contributed by atoms with Crippen molar-refractivity contribution >= 4 is 5.91 Å². The van der Waals surface area contributed by atoms with Gasteiger partial charge >= 0.3 is 0 Å². The highest BCUT2D eigenvalue weighted by molar-refractivity contribution is 5.76. The van der Waals surface area contributed by atoms with Gasteiger partial charge in [-0.2, -0.15) is 5.10 Å². The largest absolute Gasteiger partial charge is 0.352 e. The molecular formula is C14H19N5O. The van der Waals surface area contributed by atoms with E-state index >= 15 is 0 Å². The second-order valence-corrected chi connectivity index (χ2v) is 5.17. The molecule has 106 valence electrons. The van der Waals surface area contributed by atoms with Crippen LogP contribution in [-0.4, -0.2) is 31.3 Å². The average molecular weight is 273 g/mol. The minimum absolute atomic E-state index is 0.130. The van der Waals surface area contributed by atoms with Crippen molar-refractivity contribution in [3.63, 3.8) is 0 Å². The Labute approximate surface area is 117 Å². The molecule has 0 saturated heterocycles. The summed E-state index contributed by atoms with van der Waals surface area (Å²) < 4.78 is 3.98. The molecule has 1 N–H and O–H groups in total. The van der Waals surface area contributed by atoms with Crippen LogP contribution in [0.3, 0.4) is 0 Å². The molecule has 0 aliphatic carbocycles. The molecule has 0 unspecified atom stereocenters. The molecular weight excluding hydrogens is 254 g/mol. The van der Waals surface area contributed by atoms with E-state index in [9.17, 15) is 4.79 Å². The summed E-state index contributed by atoms with van der Waals surface area (Å²) in [6.45, 7) is 1.62. The summed E-state index contributed by atoms with van der Waals surface area (Å²) in [6.07, 6.45) is 10.7. The van der Waals surface area contributed by atoms with Crippen LogP contribution in [0.2, 0.25) is 0 Å². The van der Waals surface area contributed by atoms with Gasteiger partial charge in [0.15, 0.2) is 0 Å². The van der Waals surface area contributed by atoms with Crippen LogP contribution >= 0.6 is 0 Å². The number of fused-ring (bicyclic) bond motifs is 1. The average Bonchev–Trinajstić information content (AvgIpc) is 3.08. The minimum atomic E-state index is 0.130. The number of hydrogen-bond donors (Lipinski definition) is 1. The van der Waals surface area contributed by atoms with Crippen LogP contribution < -0.4 is 5.32 Å². The quantitative estimate of drug-likeness (QED) is 0.883. The van der Waals surface area contributed by atoms with Gasteiger partial charge in [-0.15, -0.1) is 0 Å². The molecule has 1 aliphatic rings. The highest BCUT2D eigenvalue weighted by atomic mass is 16.1. The normalized spacial score (nSPS) is 17.7. The summed E-state index contributed by atoms with van der Waals surface area (Å²) in [5.41, 5.74) is 0. The first kappa shape index (κ1) is 12.9. The molecule has 0 saturated carbocycles. The Morgan fingerprint density at radius 2 is 2.35 bits per heavy atom. The zero-order valence-electron chi connectivity index (χ0n) is 11.4. The third-order valence-corrected chi connectivity index (χ3v) is 3.65. The molecule has 0 spiro atoms. The van der Waals surface area contributed by atoms with E-state index in [-0.39, 0.29) is 11.9 Å². The van der Waals surface area contributed by atoms with E-state index in [2.05, 4.69) is 20.0 Å². The molecule has 1 aliphatic heterocycles. The van der Waals surface area contributed by atoms with Gasteiger partial charge in [0.1, 0.15) is 5.82 Å². The molecule has 6 heteroatoms. The SMILES string of the molecule is O=C(CCCn1cccn1)N[C@H]1CCc2nccn2C1. The first-order valence-electron chi connectivity index (χ1n) is 7.08. The second-order valence-electron chi connectivity index (χ2n) is 5.17. The lowest BCUT2D eigenvalue weighted by Gasteiger charge is -2.24. The molecule has 0 bridgehead atoms. The maximum atomic E-state index is 11.9. The topological polar surface area (TPSA) is 64.7 Å². The zero-order valence-corrected chi connectivity index (χ0v) is 11.4. The maximum absolute atomic E-state index is 11.9. The summed E-state index contributed by atoms with van der Waals surface area (Å²) in [4.78, 5) is 16.2. The van der Waals surface area contributed by atoms with Crippen molar-refractivity contribution in [2.24, 2.45) is 0 Å². The van der Waals surface area contributed by atoms with Crippen LogP contribution in [0.4, 0.5) is 0 Å². The molecule has 20 heavy (non-hydrogen) atoms. The van der Waals surface area contributed by atoms with Crippen molar-refractivity contribution < 1.29 is 4.79 Å². The third kappa shape index (κ3) is 3.07. The number of carbonyl (C=O) groups excluding carboxylic acids is 1. The number of nitrogens with one attached hydrogen (secondary N) is 1. The first-order valence-corrected chi connectivity index (χ1v) is 7.08. The molecule has 6 nitrogen and oxygen atoms in total. The van der Waals surface area contributed by atoms with Crippen molar-refractivity contribution in [2.75, 3.05) is 0 Å². The zero-order chi connectivity index (χ0) is 13.8. The van der Waals surface area contributed by atoms with Gasteiger partial charge in [0.25, 0.3) is 0 Å². The molecule has 3 heterocycles. The number of aryl methyl sites for hydroxylation is 2. The summed E-state index contributed by atoms with van der Waals surface area (Å²) in [6, 6.07) is 2.12. The maximum Gasteiger partial charge on any atom is 0.220 e. The first-order chi connectivity index (χ1) is 9.81. The Morgan fingerprint density at radius 1 is 1.40 bits per heavy atom. The van der Waals surface area contributed by atoms with E-state index in [0.717, 1.165) is 38.2 Å². The Bertz CT molecular complexity index is 560. The van der Waals surface area contributed by atoms with Crippen molar-refractivity contribution in [3.05, 3.63) is 36.7 Å². The van der Waals surface area contributed by atoms with Gasteiger partial charge in [0, 0.05) is 56.8 Å². The fourth-order valence-electron chi connectivity index (χ4n) is 2.62. The molecule has 2 aromatic rings. The lowest BCUT2D eigenvalue weighted by atomic mass is 10.1. The van der Waals surface area contributed by atoms with Crippen molar-refractivity contribution in [2.45, 2.75) is 44.8 Å². The van der Waals surface area contributed by atoms with Crippen LogP contribution in [0, 0.1) is 0 Å². The van der Waals surface area contributed by atoms with Crippen LogP contribution in [0.15, 0.2) is 30.9 Å². The van der Waals surface area contributed by atoms with Gasteiger partial charge in [0.05, 0.1) is 0 Å². The minimum Gasteiger partial charge on any atom is -0.352 e. The summed E-state index contributed by atoms with van der Waals surface area (Å²) in [5.74, 6) is 1.25. The van der Waals surface area contributed by atoms with Gasteiger partial charge < -0.3 is 9.88 Å². The van der Waals surface area contributed by atoms with Crippen LogP contribution in [0.1, 0.15) is 25.1 Å². The highest BCUT2D eigenvalue weighted by Gasteiger charge is 2.19. The van der Waals surface area contributed by atoms with Crippen LogP contribution in [0.5, 0.6) is 0 Å². The van der Waals surface area contributed by atoms with Crippen molar-refractivity contribution in [3.8, 4) is 0 Å². The van der Waals surface area contributed by atoms with Crippen LogP contribution in [-0.2, 0) is 24.3 Å². The van der Waals surface area contributed by atoms with E-state index < -0.39 is 0 Å². The lowest BCUT2D eigenvalue weighted by molar-refractivity contribution is -0.122. The predicted molar refractivity (Wildman–Crippen MR) is 73.9 cm³/mol. The van der Waals surface area contributed by atoms with E-state index in [1.54, 1.807) is 6.20 Å². The molecule has 0 radical (unpaired) electrons. The molecule has 1 amide bonds. The second kappa shape index (κ2) is 5.90. The van der Waals surface area contributed by atoms with Gasteiger partial charge in [-0.1, -0.05) is 0 Å². The third-order valence-electron chi connectivity index (χ3n) is 3.65. The predicted octanol–water partition coefficient (Wildman–Crippen LogP) is 0.991. The van der Waals surface area contributed by atoms with Crippen molar-refractivity contribution in [1.29, 1.82) is 0 Å². The highest BCUT2D eigenvalue weighted by Crippen LogP contribution is 2.13. The Kier molecular flexibility index (Phi) is 3.80. The number of nitrogens with zero attached hydrogens (tertiary/aromatic N) is 4. The van der Waals surface area contributed by atoms with E-state index in [0.29, 0.717) is 6.42 Å². The van der Waals surface area contributed by atoms with Gasteiger partial charge in [0.2, 0.25) is 5.91 Å². The summed E-state index contributed by atoms with van der Waals surface area (Å²) in [5, 5.41) is 7.23. The fourth-order valence-corrected chi connectivity index (χ4v) is 2.62. The Hall–Kier alpha value is -2.11. The Morgan fingerprint density at radius 3 is 3.20 bits per heavy atom. The molecule has 0 fully saturated rings. The Balaban J connectivity index is 1.41. The van der Waals surface area contributed by atoms with Crippen LogP contribution in [0.25, 0.3) is 0 Å². The lowest BCUT2D eigenvalue weighted by Crippen LogP contribution is -2.40.